The maximum Gasteiger partial charge on any atom is 0.306 e. The van der Waals surface area contributed by atoms with Gasteiger partial charge in [0.1, 0.15) is 11.7 Å². The number of aliphatic hydroxyl groups is 3. The molecule has 0 amide bonds. The van der Waals surface area contributed by atoms with E-state index < -0.39 is 46.4 Å². The fraction of sp³-hybridized carbons (Fsp3) is 0.816. The first-order chi connectivity index (χ1) is 21.9. The van der Waals surface area contributed by atoms with Gasteiger partial charge in [0.15, 0.2) is 11.4 Å². The van der Waals surface area contributed by atoms with Crippen LogP contribution in [-0.2, 0) is 23.9 Å². The number of fused-ring (bicyclic) bond motifs is 5. The van der Waals surface area contributed by atoms with Gasteiger partial charge in [-0.1, -0.05) is 110 Å². The monoisotopic (exact) mass is 644 g/mol. The highest BCUT2D eigenvalue weighted by atomic mass is 16.6. The smallest absolute Gasteiger partial charge is 0.306 e. The third-order valence-electron chi connectivity index (χ3n) is 12.0. The Morgan fingerprint density at radius 2 is 1.50 bits per heavy atom. The molecule has 2 fully saturated rings. The molecule has 4 aliphatic rings. The predicted molar refractivity (Wildman–Crippen MR) is 177 cm³/mol. The van der Waals surface area contributed by atoms with E-state index in [-0.39, 0.29) is 49.6 Å². The second kappa shape index (κ2) is 15.5. The number of hydrogen-bond acceptors (Lipinski definition) is 8. The molecule has 46 heavy (non-hydrogen) atoms. The fourth-order valence-electron chi connectivity index (χ4n) is 9.63. The molecule has 4 rings (SSSR count). The summed E-state index contributed by atoms with van der Waals surface area (Å²) in [5.74, 6) is -3.29. The molecular weight excluding hydrogens is 584 g/mol. The molecule has 0 aromatic rings. The van der Waals surface area contributed by atoms with Gasteiger partial charge in [-0.3, -0.25) is 14.4 Å². The van der Waals surface area contributed by atoms with Crippen LogP contribution in [0.15, 0.2) is 23.3 Å². The summed E-state index contributed by atoms with van der Waals surface area (Å²) in [7, 11) is 0. The Labute approximate surface area is 276 Å². The minimum absolute atomic E-state index is 0.00713. The molecule has 0 aliphatic heterocycles. The molecule has 0 heterocycles. The van der Waals surface area contributed by atoms with E-state index in [2.05, 4.69) is 6.92 Å². The zero-order chi connectivity index (χ0) is 33.7. The molecule has 0 spiro atoms. The van der Waals surface area contributed by atoms with Crippen LogP contribution in [0.4, 0.5) is 0 Å². The number of ether oxygens (including phenoxy) is 2. The number of unbranched alkanes of at least 4 members (excludes halogenated alkanes) is 12. The molecule has 0 aromatic carbocycles. The molecule has 0 saturated heterocycles. The first-order valence-corrected chi connectivity index (χ1v) is 18.2. The second-order valence-electron chi connectivity index (χ2n) is 15.1. The maximum absolute atomic E-state index is 13.4. The minimum atomic E-state index is -1.71. The Bertz CT molecular complexity index is 1160. The Balaban J connectivity index is 1.42. The molecule has 2 saturated carbocycles. The lowest BCUT2D eigenvalue weighted by Crippen LogP contribution is -2.56. The topological polar surface area (TPSA) is 130 Å². The van der Waals surface area contributed by atoms with Gasteiger partial charge in [-0.25, -0.2) is 0 Å². The Hall–Kier alpha value is -2.03. The van der Waals surface area contributed by atoms with Crippen molar-refractivity contribution in [1.29, 1.82) is 0 Å². The molecule has 8 nitrogen and oxygen atoms in total. The van der Waals surface area contributed by atoms with E-state index in [1.807, 2.05) is 26.0 Å². The van der Waals surface area contributed by atoms with Crippen molar-refractivity contribution < 1.29 is 39.2 Å². The van der Waals surface area contributed by atoms with Crippen molar-refractivity contribution in [2.45, 2.75) is 148 Å². The molecule has 0 bridgehead atoms. The van der Waals surface area contributed by atoms with E-state index in [0.717, 1.165) is 12.8 Å². The van der Waals surface area contributed by atoms with Gasteiger partial charge in [0, 0.05) is 42.9 Å². The highest BCUT2D eigenvalue weighted by Gasteiger charge is 2.86. The summed E-state index contributed by atoms with van der Waals surface area (Å²) < 4.78 is 12.3. The molecule has 260 valence electrons. The zero-order valence-electron chi connectivity index (χ0n) is 29.0. The van der Waals surface area contributed by atoms with Crippen LogP contribution in [0.3, 0.4) is 0 Å². The van der Waals surface area contributed by atoms with Gasteiger partial charge in [-0.05, 0) is 36.3 Å². The number of esters is 2. The van der Waals surface area contributed by atoms with Gasteiger partial charge in [-0.2, -0.15) is 0 Å². The summed E-state index contributed by atoms with van der Waals surface area (Å²) in [5, 5.41) is 32.8. The van der Waals surface area contributed by atoms with Crippen molar-refractivity contribution in [3.8, 4) is 0 Å². The van der Waals surface area contributed by atoms with Crippen molar-refractivity contribution in [3.63, 3.8) is 0 Å². The Morgan fingerprint density at radius 3 is 2.02 bits per heavy atom. The van der Waals surface area contributed by atoms with Crippen molar-refractivity contribution in [1.82, 2.24) is 0 Å². The van der Waals surface area contributed by atoms with Crippen molar-refractivity contribution in [2.75, 3.05) is 13.2 Å². The van der Waals surface area contributed by atoms with E-state index >= 15 is 0 Å². The van der Waals surface area contributed by atoms with Gasteiger partial charge in [0.05, 0.1) is 13.2 Å². The molecule has 4 aliphatic carbocycles. The van der Waals surface area contributed by atoms with Crippen LogP contribution in [0, 0.1) is 35.0 Å². The number of carbonyl (C=O) groups excluding carboxylic acids is 3. The summed E-state index contributed by atoms with van der Waals surface area (Å²) in [5.41, 5.74) is -2.84. The number of ketones is 1. The largest absolute Gasteiger partial charge is 0.458 e. The minimum Gasteiger partial charge on any atom is -0.458 e. The third-order valence-corrected chi connectivity index (χ3v) is 12.0. The summed E-state index contributed by atoms with van der Waals surface area (Å²) >= 11 is 0. The molecule has 0 radical (unpaired) electrons. The molecule has 3 N–H and O–H groups in total. The van der Waals surface area contributed by atoms with Crippen molar-refractivity contribution in [2.24, 2.45) is 35.0 Å². The SMILES string of the molecule is CCCCCCCCCCCCCCCC(=O)O[C@H]1[C@@H](C)[C@H]2[C@@H](C=C(CO)C[C@]3(O)C(=O)C(C)=C[C@@H]23)[C@H]2[C@]1(OC(C)=O)[C@]2(C)CO. The first-order valence-electron chi connectivity index (χ1n) is 18.2. The Kier molecular flexibility index (Phi) is 12.4. The Morgan fingerprint density at radius 1 is 0.935 bits per heavy atom. The summed E-state index contributed by atoms with van der Waals surface area (Å²) in [4.78, 5) is 39.2. The van der Waals surface area contributed by atoms with Gasteiger partial charge in [0.2, 0.25) is 0 Å². The predicted octanol–water partition coefficient (Wildman–Crippen LogP) is 6.39. The maximum atomic E-state index is 13.4. The van der Waals surface area contributed by atoms with Crippen LogP contribution in [0.25, 0.3) is 0 Å². The lowest BCUT2D eigenvalue weighted by Gasteiger charge is -2.47. The summed E-state index contributed by atoms with van der Waals surface area (Å²) in [6, 6.07) is 0. The second-order valence-corrected chi connectivity index (χ2v) is 15.1. The van der Waals surface area contributed by atoms with Crippen molar-refractivity contribution in [3.05, 3.63) is 23.3 Å². The van der Waals surface area contributed by atoms with Gasteiger partial charge < -0.3 is 24.8 Å². The fourth-order valence-corrected chi connectivity index (χ4v) is 9.63. The van der Waals surface area contributed by atoms with Crippen LogP contribution in [0.1, 0.15) is 131 Å². The number of allylic oxidation sites excluding steroid dienone is 1. The highest BCUT2D eigenvalue weighted by molar-refractivity contribution is 6.04. The zero-order valence-corrected chi connectivity index (χ0v) is 29.0. The quantitative estimate of drug-likeness (QED) is 0.0889. The average Bonchev–Trinajstić information content (AvgIpc) is 3.52. The normalized spacial score (nSPS) is 36.1. The molecule has 9 atom stereocenters. The van der Waals surface area contributed by atoms with Crippen molar-refractivity contribution >= 4 is 17.7 Å². The van der Waals surface area contributed by atoms with Crippen LogP contribution >= 0.6 is 0 Å². The summed E-state index contributed by atoms with van der Waals surface area (Å²) in [6.07, 6.45) is 18.9. The van der Waals surface area contributed by atoms with Crippen LogP contribution in [-0.4, -0.2) is 63.6 Å². The lowest BCUT2D eigenvalue weighted by molar-refractivity contribution is -0.194. The highest BCUT2D eigenvalue weighted by Crippen LogP contribution is 2.76. The average molecular weight is 645 g/mol. The number of rotatable bonds is 18. The number of Topliss-reactive ketones (excluding diaryl/α,β-unsaturated/α-hetero) is 1. The molecule has 0 unspecified atom stereocenters. The van der Waals surface area contributed by atoms with E-state index in [4.69, 9.17) is 9.47 Å². The first kappa shape index (κ1) is 36.8. The van der Waals surface area contributed by atoms with E-state index in [0.29, 0.717) is 17.6 Å². The number of hydrogen-bond donors (Lipinski definition) is 3. The number of carbonyl (C=O) groups is 3. The van der Waals surface area contributed by atoms with Crippen LogP contribution in [0.5, 0.6) is 0 Å². The van der Waals surface area contributed by atoms with Crippen LogP contribution in [0.2, 0.25) is 0 Å². The van der Waals surface area contributed by atoms with E-state index in [9.17, 15) is 29.7 Å². The van der Waals surface area contributed by atoms with Gasteiger partial charge in [0.25, 0.3) is 0 Å². The van der Waals surface area contributed by atoms with Gasteiger partial charge >= 0.3 is 11.9 Å². The lowest BCUT2D eigenvalue weighted by atomic mass is 9.62. The van der Waals surface area contributed by atoms with E-state index in [1.165, 1.54) is 71.1 Å². The van der Waals surface area contributed by atoms with E-state index in [1.54, 1.807) is 6.92 Å². The standard InChI is InChI=1S/C38H60O8/c1-6-7-8-9-10-11-12-13-14-15-16-17-18-19-31(42)45-35-26(3)32-29(33-36(5,24-40)38(33,35)46-27(4)41)21-28(23-39)22-37(44)30(32)20-25(2)34(37)43/h20-21,26,29-30,32-33,35,39-40,44H,6-19,22-24H2,1-5H3/t26-,29+,30-,32-,33+,35-,36+,37+,38+/m0/s1. The molecular formula is C38H60O8. The summed E-state index contributed by atoms with van der Waals surface area (Å²) in [6.45, 7) is 8.45. The van der Waals surface area contributed by atoms with Crippen LogP contribution < -0.4 is 0 Å². The third kappa shape index (κ3) is 6.91. The van der Waals surface area contributed by atoms with Gasteiger partial charge in [-0.15, -0.1) is 0 Å². The molecule has 0 aromatic heterocycles. The molecule has 8 heteroatoms. The number of aliphatic hydroxyl groups excluding tert-OH is 2.